The molecule has 0 spiro atoms. The van der Waals surface area contributed by atoms with E-state index in [4.69, 9.17) is 4.74 Å². The molecule has 0 aliphatic carbocycles. The lowest BCUT2D eigenvalue weighted by Crippen LogP contribution is -2.23. The van der Waals surface area contributed by atoms with Crippen molar-refractivity contribution in [1.29, 1.82) is 0 Å². The van der Waals surface area contributed by atoms with Crippen LogP contribution in [0.4, 0.5) is 0 Å². The van der Waals surface area contributed by atoms with E-state index < -0.39 is 0 Å². The minimum Gasteiger partial charge on any atom is -0.506 e. The van der Waals surface area contributed by atoms with Crippen LogP contribution in [0, 0.1) is 0 Å². The van der Waals surface area contributed by atoms with Gasteiger partial charge in [-0.15, -0.1) is 0 Å². The molecule has 0 atom stereocenters. The van der Waals surface area contributed by atoms with Crippen molar-refractivity contribution < 1.29 is 14.9 Å². The van der Waals surface area contributed by atoms with E-state index >= 15 is 0 Å². The molecule has 0 aromatic heterocycles. The van der Waals surface area contributed by atoms with Crippen molar-refractivity contribution in [2.75, 3.05) is 7.11 Å². The first kappa shape index (κ1) is 9.58. The molecule has 2 rings (SSSR count). The van der Waals surface area contributed by atoms with Gasteiger partial charge < -0.3 is 14.9 Å². The van der Waals surface area contributed by atoms with Gasteiger partial charge in [-0.1, -0.05) is 6.58 Å². The number of ether oxygens (including phenoxy) is 1. The number of rotatable bonds is 1. The molecule has 4 heteroatoms. The Hall–Kier alpha value is -1.97. The van der Waals surface area contributed by atoms with Gasteiger partial charge in [0.05, 0.1) is 18.0 Å². The summed E-state index contributed by atoms with van der Waals surface area (Å²) in [6.45, 7) is 5.51. The number of hydrogen-bond acceptors (Lipinski definition) is 4. The van der Waals surface area contributed by atoms with Crippen LogP contribution >= 0.6 is 0 Å². The van der Waals surface area contributed by atoms with Crippen LogP contribution in [0.1, 0.15) is 6.92 Å². The molecule has 0 bridgehead atoms. The van der Waals surface area contributed by atoms with Gasteiger partial charge in [0, 0.05) is 6.07 Å². The van der Waals surface area contributed by atoms with E-state index in [2.05, 4.69) is 11.6 Å². The first-order valence-electron chi connectivity index (χ1n) is 4.44. The quantitative estimate of drug-likeness (QED) is 0.653. The molecule has 4 nitrogen and oxygen atoms in total. The van der Waals surface area contributed by atoms with Gasteiger partial charge in [-0.05, 0) is 12.5 Å². The van der Waals surface area contributed by atoms with E-state index in [1.165, 1.54) is 13.2 Å². The van der Waals surface area contributed by atoms with Crippen LogP contribution in [-0.4, -0.2) is 17.3 Å². The van der Waals surface area contributed by atoms with Crippen LogP contribution in [0.5, 0.6) is 17.2 Å². The van der Waals surface area contributed by atoms with Crippen LogP contribution in [0.2, 0.25) is 0 Å². The second kappa shape index (κ2) is 3.02. The molecule has 2 N–H and O–H groups in total. The van der Waals surface area contributed by atoms with Crippen LogP contribution in [0.15, 0.2) is 23.3 Å². The Morgan fingerprint density at radius 1 is 1.40 bits per heavy atom. The highest BCUT2D eigenvalue weighted by Gasteiger charge is 2.17. The maximum atomic E-state index is 9.86. The van der Waals surface area contributed by atoms with Gasteiger partial charge in [0.15, 0.2) is 11.5 Å². The SMILES string of the molecule is C=C1N=c2c(O)cc(OC)c(O)c2=C1C. The van der Waals surface area contributed by atoms with E-state index in [0.717, 1.165) is 5.57 Å². The van der Waals surface area contributed by atoms with Crippen molar-refractivity contribution in [2.24, 2.45) is 4.99 Å². The fourth-order valence-electron chi connectivity index (χ4n) is 1.61. The Morgan fingerprint density at radius 2 is 2.07 bits per heavy atom. The summed E-state index contributed by atoms with van der Waals surface area (Å²) in [5.41, 5.74) is 1.29. The van der Waals surface area contributed by atoms with Crippen LogP contribution < -0.4 is 15.3 Å². The van der Waals surface area contributed by atoms with Gasteiger partial charge in [-0.25, -0.2) is 4.99 Å². The van der Waals surface area contributed by atoms with Gasteiger partial charge >= 0.3 is 0 Å². The number of benzene rings is 1. The van der Waals surface area contributed by atoms with Gasteiger partial charge in [0.25, 0.3) is 0 Å². The molecule has 1 heterocycles. The summed E-state index contributed by atoms with van der Waals surface area (Å²) in [6.07, 6.45) is 0. The van der Waals surface area contributed by atoms with Crippen molar-refractivity contribution in [3.05, 3.63) is 28.9 Å². The molecule has 0 saturated heterocycles. The van der Waals surface area contributed by atoms with Gasteiger partial charge in [0.2, 0.25) is 0 Å². The first-order valence-corrected chi connectivity index (χ1v) is 4.44. The third-order valence-corrected chi connectivity index (χ3v) is 2.49. The second-order valence-corrected chi connectivity index (χ2v) is 3.35. The standard InChI is InChI=1S/C11H11NO3/c1-5-6(2)12-10-7(13)4-8(15-3)11(14)9(5)10/h4,13-14H,2H2,1,3H3. The van der Waals surface area contributed by atoms with E-state index in [0.29, 0.717) is 16.3 Å². The van der Waals surface area contributed by atoms with Crippen molar-refractivity contribution in [3.8, 4) is 17.2 Å². The summed E-state index contributed by atoms with van der Waals surface area (Å²) in [5, 5.41) is 20.4. The number of phenolic OH excluding ortho intramolecular Hbond substituents is 2. The van der Waals surface area contributed by atoms with Crippen molar-refractivity contribution >= 4 is 5.57 Å². The number of methoxy groups -OCH3 is 1. The molecule has 0 fully saturated rings. The highest BCUT2D eigenvalue weighted by atomic mass is 16.5. The Balaban J connectivity index is 3.01. The monoisotopic (exact) mass is 205 g/mol. The van der Waals surface area contributed by atoms with Crippen LogP contribution in [0.25, 0.3) is 5.57 Å². The average Bonchev–Trinajstić information content (AvgIpc) is 2.50. The van der Waals surface area contributed by atoms with Crippen LogP contribution in [-0.2, 0) is 0 Å². The minimum absolute atomic E-state index is 0.00907. The minimum atomic E-state index is -0.0161. The molecule has 0 radical (unpaired) electrons. The molecule has 0 unspecified atom stereocenters. The molecular weight excluding hydrogens is 194 g/mol. The molecule has 0 amide bonds. The molecule has 15 heavy (non-hydrogen) atoms. The number of aromatic hydroxyl groups is 2. The largest absolute Gasteiger partial charge is 0.506 e. The Labute approximate surface area is 86.5 Å². The highest BCUT2D eigenvalue weighted by Crippen LogP contribution is 2.26. The number of fused-ring (bicyclic) bond motifs is 1. The normalized spacial score (nSPS) is 13.7. The average molecular weight is 205 g/mol. The third kappa shape index (κ3) is 1.18. The Bertz CT molecular complexity index is 572. The highest BCUT2D eigenvalue weighted by molar-refractivity contribution is 5.67. The maximum Gasteiger partial charge on any atom is 0.167 e. The van der Waals surface area contributed by atoms with E-state index in [9.17, 15) is 10.2 Å². The molecule has 1 aromatic rings. The zero-order chi connectivity index (χ0) is 11.2. The smallest absolute Gasteiger partial charge is 0.167 e. The Kier molecular flexibility index (Phi) is 1.93. The summed E-state index contributed by atoms with van der Waals surface area (Å²) in [7, 11) is 1.43. The predicted molar refractivity (Wildman–Crippen MR) is 55.3 cm³/mol. The third-order valence-electron chi connectivity index (χ3n) is 2.49. The number of phenols is 2. The van der Waals surface area contributed by atoms with Crippen molar-refractivity contribution in [1.82, 2.24) is 0 Å². The molecular formula is C11H11NO3. The summed E-state index contributed by atoms with van der Waals surface area (Å²) >= 11 is 0. The molecule has 78 valence electrons. The predicted octanol–water partition coefficient (Wildman–Crippen LogP) is 0.424. The first-order chi connectivity index (χ1) is 7.06. The number of allylic oxidation sites excluding steroid dienone is 1. The fraction of sp³-hybridized carbons (Fsp3) is 0.182. The van der Waals surface area contributed by atoms with Crippen molar-refractivity contribution in [2.45, 2.75) is 6.92 Å². The number of nitrogens with zero attached hydrogens (tertiary/aromatic N) is 1. The summed E-state index contributed by atoms with van der Waals surface area (Å²) in [6, 6.07) is 1.34. The zero-order valence-electron chi connectivity index (χ0n) is 8.53. The second-order valence-electron chi connectivity index (χ2n) is 3.35. The van der Waals surface area contributed by atoms with Crippen LogP contribution in [0.3, 0.4) is 0 Å². The molecule has 0 saturated carbocycles. The fourth-order valence-corrected chi connectivity index (χ4v) is 1.61. The lowest BCUT2D eigenvalue weighted by atomic mass is 10.1. The van der Waals surface area contributed by atoms with Gasteiger partial charge in [-0.3, -0.25) is 0 Å². The zero-order valence-corrected chi connectivity index (χ0v) is 8.53. The van der Waals surface area contributed by atoms with Crippen molar-refractivity contribution in [3.63, 3.8) is 0 Å². The van der Waals surface area contributed by atoms with E-state index in [-0.39, 0.29) is 17.2 Å². The summed E-state index contributed by atoms with van der Waals surface area (Å²) in [5.74, 6) is 0.207. The Morgan fingerprint density at radius 3 is 2.67 bits per heavy atom. The molecule has 1 aliphatic rings. The van der Waals surface area contributed by atoms with E-state index in [1.807, 2.05) is 0 Å². The molecule has 1 aliphatic heterocycles. The van der Waals surface area contributed by atoms with E-state index in [1.54, 1.807) is 6.92 Å². The molecule has 1 aromatic carbocycles. The lowest BCUT2D eigenvalue weighted by Gasteiger charge is -2.04. The maximum absolute atomic E-state index is 9.86. The lowest BCUT2D eigenvalue weighted by molar-refractivity contribution is 0.365. The number of hydrogen-bond donors (Lipinski definition) is 2. The van der Waals surface area contributed by atoms with Gasteiger partial charge in [-0.2, -0.15) is 0 Å². The summed E-state index contributed by atoms with van der Waals surface area (Å²) < 4.78 is 4.94. The topological polar surface area (TPSA) is 62.1 Å². The summed E-state index contributed by atoms with van der Waals surface area (Å²) in [4.78, 5) is 4.07. The van der Waals surface area contributed by atoms with Gasteiger partial charge in [0.1, 0.15) is 11.1 Å².